The minimum absolute atomic E-state index is 0.129. The average Bonchev–Trinajstić information content (AvgIpc) is 3.15. The van der Waals surface area contributed by atoms with Gasteiger partial charge in [-0.05, 0) is 24.5 Å². The number of carboxylic acids is 1. The van der Waals surface area contributed by atoms with Crippen molar-refractivity contribution >= 4 is 23.5 Å². The molecule has 0 unspecified atom stereocenters. The molecular weight excluding hydrogens is 342 g/mol. The molecule has 1 aromatic heterocycles. The van der Waals surface area contributed by atoms with Gasteiger partial charge in [-0.3, -0.25) is 4.79 Å². The topological polar surface area (TPSA) is 83.4 Å². The Morgan fingerprint density at radius 3 is 2.36 bits per heavy atom. The Morgan fingerprint density at radius 2 is 1.76 bits per heavy atom. The van der Waals surface area contributed by atoms with Gasteiger partial charge in [0.25, 0.3) is 5.91 Å². The molecule has 1 saturated carbocycles. The van der Waals surface area contributed by atoms with Crippen LogP contribution in [0.15, 0.2) is 36.7 Å². The molecule has 130 valence electrons. The van der Waals surface area contributed by atoms with Crippen LogP contribution in [0.5, 0.6) is 0 Å². The van der Waals surface area contributed by atoms with Crippen molar-refractivity contribution in [1.29, 1.82) is 0 Å². The third kappa shape index (κ3) is 3.96. The predicted octanol–water partition coefficient (Wildman–Crippen LogP) is 3.41. The maximum atomic E-state index is 13.0. The Bertz CT molecular complexity index is 773. The minimum Gasteiger partial charge on any atom is -0.476 e. The molecule has 0 radical (unpaired) electrons. The van der Waals surface area contributed by atoms with Gasteiger partial charge in [0.1, 0.15) is 5.69 Å². The second-order valence-corrected chi connectivity index (χ2v) is 6.46. The fourth-order valence-electron chi connectivity index (χ4n) is 3.09. The van der Waals surface area contributed by atoms with Crippen molar-refractivity contribution in [1.82, 2.24) is 14.9 Å². The monoisotopic (exact) mass is 359 g/mol. The van der Waals surface area contributed by atoms with E-state index < -0.39 is 5.97 Å². The average molecular weight is 360 g/mol. The van der Waals surface area contributed by atoms with Gasteiger partial charge in [-0.25, -0.2) is 14.8 Å². The molecule has 1 aromatic carbocycles. The van der Waals surface area contributed by atoms with Crippen molar-refractivity contribution in [3.8, 4) is 0 Å². The molecule has 0 saturated heterocycles. The molecule has 1 N–H and O–H groups in total. The normalized spacial score (nSPS) is 14.4. The Balaban J connectivity index is 1.86. The second-order valence-electron chi connectivity index (χ2n) is 6.05. The Kier molecular flexibility index (Phi) is 5.28. The molecule has 1 heterocycles. The number of amides is 1. The van der Waals surface area contributed by atoms with Gasteiger partial charge in [0.2, 0.25) is 0 Å². The van der Waals surface area contributed by atoms with Crippen LogP contribution in [0.2, 0.25) is 5.02 Å². The Morgan fingerprint density at radius 1 is 1.12 bits per heavy atom. The maximum absolute atomic E-state index is 13.0. The summed E-state index contributed by atoms with van der Waals surface area (Å²) >= 11 is 6.25. The van der Waals surface area contributed by atoms with Gasteiger partial charge in [0.05, 0.1) is 12.4 Å². The molecule has 3 rings (SSSR count). The van der Waals surface area contributed by atoms with Crippen LogP contribution >= 0.6 is 11.6 Å². The van der Waals surface area contributed by atoms with E-state index >= 15 is 0 Å². The van der Waals surface area contributed by atoms with E-state index in [1.165, 1.54) is 6.20 Å². The molecule has 0 atom stereocenters. The van der Waals surface area contributed by atoms with E-state index in [9.17, 15) is 9.59 Å². The van der Waals surface area contributed by atoms with Gasteiger partial charge in [-0.1, -0.05) is 42.6 Å². The summed E-state index contributed by atoms with van der Waals surface area (Å²) < 4.78 is 0. The number of carboxylic acid groups (broad SMARTS) is 1. The molecule has 7 heteroatoms. The molecule has 25 heavy (non-hydrogen) atoms. The van der Waals surface area contributed by atoms with Gasteiger partial charge in [0.15, 0.2) is 5.69 Å². The van der Waals surface area contributed by atoms with Crippen molar-refractivity contribution in [2.75, 3.05) is 0 Å². The number of nitrogens with zero attached hydrogens (tertiary/aromatic N) is 3. The standard InChI is InChI=1S/C18H18ClN3O3/c19-14-8-4-1-5-12(14)11-22(13-6-2-3-7-13)17(23)15-9-21-16(10-20-15)18(24)25/h1,4-5,8-10,13H,2-3,6-7,11H2,(H,24,25). The molecule has 0 spiro atoms. The number of carbonyl (C=O) groups is 2. The van der Waals surface area contributed by atoms with Gasteiger partial charge < -0.3 is 10.0 Å². The Hall–Kier alpha value is -2.47. The number of carbonyl (C=O) groups excluding carboxylic acids is 1. The van der Waals surface area contributed by atoms with Crippen LogP contribution in [0, 0.1) is 0 Å². The molecule has 1 aliphatic carbocycles. The highest BCUT2D eigenvalue weighted by Gasteiger charge is 2.29. The summed E-state index contributed by atoms with van der Waals surface area (Å²) in [5, 5.41) is 9.53. The lowest BCUT2D eigenvalue weighted by atomic mass is 10.1. The SMILES string of the molecule is O=C(O)c1cnc(C(=O)N(Cc2ccccc2Cl)C2CCCC2)cn1. The zero-order valence-electron chi connectivity index (χ0n) is 13.6. The third-order valence-corrected chi connectivity index (χ3v) is 4.78. The van der Waals surface area contributed by atoms with E-state index in [0.29, 0.717) is 11.6 Å². The van der Waals surface area contributed by atoms with E-state index in [1.807, 2.05) is 18.2 Å². The van der Waals surface area contributed by atoms with Crippen LogP contribution in [-0.4, -0.2) is 37.9 Å². The molecule has 6 nitrogen and oxygen atoms in total. The molecule has 1 amide bonds. The summed E-state index contributed by atoms with van der Waals surface area (Å²) in [6.45, 7) is 0.394. The van der Waals surface area contributed by atoms with Crippen LogP contribution < -0.4 is 0 Å². The summed E-state index contributed by atoms with van der Waals surface area (Å²) in [7, 11) is 0. The number of benzene rings is 1. The van der Waals surface area contributed by atoms with Crippen molar-refractivity contribution in [2.24, 2.45) is 0 Å². The molecule has 0 bridgehead atoms. The van der Waals surface area contributed by atoms with Crippen LogP contribution in [0.3, 0.4) is 0 Å². The number of hydrogen-bond acceptors (Lipinski definition) is 4. The molecular formula is C18H18ClN3O3. The van der Waals surface area contributed by atoms with Crippen molar-refractivity contribution < 1.29 is 14.7 Å². The second kappa shape index (κ2) is 7.61. The minimum atomic E-state index is -1.17. The zero-order valence-corrected chi connectivity index (χ0v) is 14.3. The van der Waals surface area contributed by atoms with E-state index in [2.05, 4.69) is 9.97 Å². The lowest BCUT2D eigenvalue weighted by Crippen LogP contribution is -2.39. The lowest BCUT2D eigenvalue weighted by molar-refractivity contribution is 0.0650. The summed E-state index contributed by atoms with van der Waals surface area (Å²) in [5.74, 6) is -1.42. The predicted molar refractivity (Wildman–Crippen MR) is 92.6 cm³/mol. The highest BCUT2D eigenvalue weighted by molar-refractivity contribution is 6.31. The quantitative estimate of drug-likeness (QED) is 0.884. The first kappa shape index (κ1) is 17.4. The third-order valence-electron chi connectivity index (χ3n) is 4.41. The first-order chi connectivity index (χ1) is 12.1. The van der Waals surface area contributed by atoms with Crippen molar-refractivity contribution in [2.45, 2.75) is 38.3 Å². The highest BCUT2D eigenvalue weighted by atomic mass is 35.5. The summed E-state index contributed by atoms with van der Waals surface area (Å²) in [5.41, 5.74) is 0.832. The van der Waals surface area contributed by atoms with E-state index in [4.69, 9.17) is 16.7 Å². The largest absolute Gasteiger partial charge is 0.476 e. The number of halogens is 1. The van der Waals surface area contributed by atoms with Gasteiger partial charge in [0, 0.05) is 17.6 Å². The van der Waals surface area contributed by atoms with Gasteiger partial charge in [-0.15, -0.1) is 0 Å². The number of aromatic carboxylic acids is 1. The fourth-order valence-corrected chi connectivity index (χ4v) is 3.28. The van der Waals surface area contributed by atoms with Crippen LogP contribution in [0.1, 0.15) is 52.2 Å². The van der Waals surface area contributed by atoms with Gasteiger partial charge in [-0.2, -0.15) is 0 Å². The van der Waals surface area contributed by atoms with Crippen LogP contribution in [0.25, 0.3) is 0 Å². The van der Waals surface area contributed by atoms with E-state index in [0.717, 1.165) is 37.4 Å². The van der Waals surface area contributed by atoms with Gasteiger partial charge >= 0.3 is 5.97 Å². The summed E-state index contributed by atoms with van der Waals surface area (Å²) in [6.07, 6.45) is 6.38. The number of rotatable bonds is 5. The van der Waals surface area contributed by atoms with Crippen molar-refractivity contribution in [3.63, 3.8) is 0 Å². The van der Waals surface area contributed by atoms with Crippen LogP contribution in [-0.2, 0) is 6.54 Å². The van der Waals surface area contributed by atoms with Crippen LogP contribution in [0.4, 0.5) is 0 Å². The summed E-state index contributed by atoms with van der Waals surface area (Å²) in [4.78, 5) is 33.4. The Labute approximate surface area is 150 Å². The fraction of sp³-hybridized carbons (Fsp3) is 0.333. The maximum Gasteiger partial charge on any atom is 0.356 e. The summed E-state index contributed by atoms with van der Waals surface area (Å²) in [6, 6.07) is 7.57. The number of hydrogen-bond donors (Lipinski definition) is 1. The van der Waals surface area contributed by atoms with E-state index in [-0.39, 0.29) is 23.3 Å². The van der Waals surface area contributed by atoms with E-state index in [1.54, 1.807) is 11.0 Å². The van der Waals surface area contributed by atoms with Crippen molar-refractivity contribution in [3.05, 3.63) is 58.6 Å². The zero-order chi connectivity index (χ0) is 17.8. The highest BCUT2D eigenvalue weighted by Crippen LogP contribution is 2.27. The first-order valence-corrected chi connectivity index (χ1v) is 8.54. The molecule has 0 aliphatic heterocycles. The first-order valence-electron chi connectivity index (χ1n) is 8.16. The smallest absolute Gasteiger partial charge is 0.356 e. The molecule has 2 aromatic rings. The molecule has 1 aliphatic rings. The molecule has 1 fully saturated rings. The number of aromatic nitrogens is 2. The lowest BCUT2D eigenvalue weighted by Gasteiger charge is -2.29.